The third kappa shape index (κ3) is 2.01. The van der Waals surface area contributed by atoms with E-state index in [4.69, 9.17) is 4.99 Å². The Morgan fingerprint density at radius 3 is 2.60 bits per heavy atom. The zero-order valence-corrected chi connectivity index (χ0v) is 13.8. The summed E-state index contributed by atoms with van der Waals surface area (Å²) in [5.74, 6) is 1.59. The first kappa shape index (κ1) is 14.5. The molecule has 0 spiro atoms. The maximum absolute atomic E-state index is 11.9. The number of benzene rings is 2. The number of aliphatic hydroxyl groups is 1. The van der Waals surface area contributed by atoms with Crippen LogP contribution >= 0.6 is 0 Å². The topological polar surface area (TPSA) is 63.5 Å². The maximum atomic E-state index is 11.9. The van der Waals surface area contributed by atoms with Crippen molar-refractivity contribution in [2.24, 2.45) is 9.98 Å². The van der Waals surface area contributed by atoms with Gasteiger partial charge in [-0.3, -0.25) is 9.89 Å². The molecule has 1 unspecified atom stereocenters. The SMILES string of the molecule is OC1(c2ccccc2)c2ccccc2N=C2N(C3=NCCN3)CCN21. The van der Waals surface area contributed by atoms with Crippen molar-refractivity contribution in [2.75, 3.05) is 26.2 Å². The summed E-state index contributed by atoms with van der Waals surface area (Å²) >= 11 is 0. The van der Waals surface area contributed by atoms with Crippen LogP contribution in [0.25, 0.3) is 0 Å². The molecule has 2 aromatic carbocycles. The van der Waals surface area contributed by atoms with Crippen LogP contribution in [0.2, 0.25) is 0 Å². The molecule has 1 fully saturated rings. The quantitative estimate of drug-likeness (QED) is 0.829. The maximum Gasteiger partial charge on any atom is 0.211 e. The number of fused-ring (bicyclic) bond motifs is 2. The van der Waals surface area contributed by atoms with E-state index in [2.05, 4.69) is 15.2 Å². The number of nitrogens with one attached hydrogen (secondary N) is 1. The largest absolute Gasteiger partial charge is 0.363 e. The Bertz CT molecular complexity index is 878. The fourth-order valence-electron chi connectivity index (χ4n) is 3.84. The molecule has 0 bridgehead atoms. The summed E-state index contributed by atoms with van der Waals surface area (Å²) < 4.78 is 0. The molecule has 25 heavy (non-hydrogen) atoms. The zero-order chi connectivity index (χ0) is 16.9. The number of aliphatic imine (C=N–C) groups is 2. The molecule has 1 atom stereocenters. The lowest BCUT2D eigenvalue weighted by Gasteiger charge is -2.42. The summed E-state index contributed by atoms with van der Waals surface area (Å²) in [6.45, 7) is 3.05. The third-order valence-corrected chi connectivity index (χ3v) is 5.01. The minimum Gasteiger partial charge on any atom is -0.363 e. The van der Waals surface area contributed by atoms with E-state index in [-0.39, 0.29) is 0 Å². The van der Waals surface area contributed by atoms with Crippen molar-refractivity contribution >= 4 is 17.6 Å². The van der Waals surface area contributed by atoms with Crippen molar-refractivity contribution in [1.82, 2.24) is 15.1 Å². The van der Waals surface area contributed by atoms with Gasteiger partial charge in [-0.25, -0.2) is 4.99 Å². The van der Waals surface area contributed by atoms with Crippen LogP contribution in [0, 0.1) is 0 Å². The van der Waals surface area contributed by atoms with Crippen molar-refractivity contribution in [3.05, 3.63) is 65.7 Å². The monoisotopic (exact) mass is 333 g/mol. The van der Waals surface area contributed by atoms with Gasteiger partial charge >= 0.3 is 0 Å². The predicted molar refractivity (Wildman–Crippen MR) is 96.7 cm³/mol. The number of hydrogen-bond donors (Lipinski definition) is 2. The fraction of sp³-hybridized carbons (Fsp3) is 0.263. The van der Waals surface area contributed by atoms with E-state index in [1.165, 1.54) is 0 Å². The van der Waals surface area contributed by atoms with Gasteiger partial charge in [-0.1, -0.05) is 48.5 Å². The van der Waals surface area contributed by atoms with Gasteiger partial charge in [-0.15, -0.1) is 0 Å². The molecule has 3 aliphatic rings. The highest BCUT2D eigenvalue weighted by Crippen LogP contribution is 2.44. The van der Waals surface area contributed by atoms with Crippen LogP contribution in [0.1, 0.15) is 11.1 Å². The van der Waals surface area contributed by atoms with Crippen molar-refractivity contribution in [1.29, 1.82) is 0 Å². The Morgan fingerprint density at radius 1 is 1.00 bits per heavy atom. The van der Waals surface area contributed by atoms with E-state index in [1.807, 2.05) is 59.5 Å². The first-order chi connectivity index (χ1) is 12.3. The summed E-state index contributed by atoms with van der Waals surface area (Å²) in [7, 11) is 0. The highest BCUT2D eigenvalue weighted by molar-refractivity contribution is 6.03. The fourth-order valence-corrected chi connectivity index (χ4v) is 3.84. The Balaban J connectivity index is 1.70. The Labute approximate surface area is 146 Å². The number of nitrogens with zero attached hydrogens (tertiary/aromatic N) is 4. The summed E-state index contributed by atoms with van der Waals surface area (Å²) in [4.78, 5) is 13.4. The Kier molecular flexibility index (Phi) is 3.08. The molecule has 0 radical (unpaired) electrons. The van der Waals surface area contributed by atoms with Crippen LogP contribution in [-0.4, -0.2) is 53.0 Å². The van der Waals surface area contributed by atoms with Gasteiger partial charge in [0, 0.05) is 30.8 Å². The molecule has 2 N–H and O–H groups in total. The van der Waals surface area contributed by atoms with Gasteiger partial charge in [0.1, 0.15) is 0 Å². The second kappa shape index (κ2) is 5.32. The van der Waals surface area contributed by atoms with Gasteiger partial charge in [-0.05, 0) is 6.07 Å². The number of rotatable bonds is 1. The van der Waals surface area contributed by atoms with Gasteiger partial charge in [0.2, 0.25) is 11.9 Å². The van der Waals surface area contributed by atoms with E-state index in [0.29, 0.717) is 6.54 Å². The lowest BCUT2D eigenvalue weighted by atomic mass is 9.90. The lowest BCUT2D eigenvalue weighted by Crippen LogP contribution is -2.53. The summed E-state index contributed by atoms with van der Waals surface area (Å²) in [5, 5.41) is 15.2. The highest BCUT2D eigenvalue weighted by atomic mass is 16.3. The number of guanidine groups is 2. The standard InChI is InChI=1S/C19H19N5O/c25-19(14-6-2-1-3-7-14)15-8-4-5-9-16(15)22-18-23(12-13-24(18)19)17-20-10-11-21-17/h1-9,25H,10-13H2,(H,20,21). The van der Waals surface area contributed by atoms with Crippen LogP contribution in [0.5, 0.6) is 0 Å². The highest BCUT2D eigenvalue weighted by Gasteiger charge is 2.49. The van der Waals surface area contributed by atoms with Crippen molar-refractivity contribution in [3.63, 3.8) is 0 Å². The number of para-hydroxylation sites is 1. The molecule has 0 amide bonds. The third-order valence-electron chi connectivity index (χ3n) is 5.01. The Morgan fingerprint density at radius 2 is 1.80 bits per heavy atom. The van der Waals surface area contributed by atoms with E-state index in [0.717, 1.165) is 48.4 Å². The predicted octanol–water partition coefficient (Wildman–Crippen LogP) is 1.46. The van der Waals surface area contributed by atoms with Crippen LogP contribution in [0.3, 0.4) is 0 Å². The summed E-state index contributed by atoms with van der Waals surface area (Å²) in [6.07, 6.45) is 0. The van der Waals surface area contributed by atoms with Gasteiger partial charge in [0.15, 0.2) is 5.72 Å². The van der Waals surface area contributed by atoms with Crippen molar-refractivity contribution in [2.45, 2.75) is 5.72 Å². The van der Waals surface area contributed by atoms with Crippen LogP contribution in [0.4, 0.5) is 5.69 Å². The molecule has 126 valence electrons. The second-order valence-electron chi connectivity index (χ2n) is 6.40. The van der Waals surface area contributed by atoms with Gasteiger partial charge in [0.05, 0.1) is 12.2 Å². The van der Waals surface area contributed by atoms with E-state index >= 15 is 0 Å². The molecular formula is C19H19N5O. The minimum absolute atomic E-state index is 0.680. The first-order valence-corrected chi connectivity index (χ1v) is 8.58. The van der Waals surface area contributed by atoms with Gasteiger partial charge in [0.25, 0.3) is 0 Å². The molecule has 0 aliphatic carbocycles. The zero-order valence-electron chi connectivity index (χ0n) is 13.8. The van der Waals surface area contributed by atoms with Crippen LogP contribution in [0.15, 0.2) is 64.6 Å². The van der Waals surface area contributed by atoms with Crippen LogP contribution in [-0.2, 0) is 5.72 Å². The molecule has 3 heterocycles. The molecule has 3 aliphatic heterocycles. The van der Waals surface area contributed by atoms with E-state index < -0.39 is 5.72 Å². The Hall–Kier alpha value is -2.86. The second-order valence-corrected chi connectivity index (χ2v) is 6.40. The summed E-state index contributed by atoms with van der Waals surface area (Å²) in [6, 6.07) is 17.6. The number of hydrogen-bond acceptors (Lipinski definition) is 6. The van der Waals surface area contributed by atoms with E-state index in [1.54, 1.807) is 0 Å². The molecule has 6 heteroatoms. The van der Waals surface area contributed by atoms with E-state index in [9.17, 15) is 5.11 Å². The lowest BCUT2D eigenvalue weighted by molar-refractivity contribution is -0.0335. The molecule has 0 saturated carbocycles. The summed E-state index contributed by atoms with van der Waals surface area (Å²) in [5.41, 5.74) is 1.22. The average Bonchev–Trinajstić information content (AvgIpc) is 3.32. The molecular weight excluding hydrogens is 314 g/mol. The molecule has 0 aromatic heterocycles. The molecule has 1 saturated heterocycles. The van der Waals surface area contributed by atoms with Crippen molar-refractivity contribution < 1.29 is 5.11 Å². The average molecular weight is 333 g/mol. The van der Waals surface area contributed by atoms with Crippen LogP contribution < -0.4 is 5.32 Å². The molecule has 5 rings (SSSR count). The first-order valence-electron chi connectivity index (χ1n) is 8.58. The van der Waals surface area contributed by atoms with Gasteiger partial charge < -0.3 is 15.3 Å². The minimum atomic E-state index is -1.23. The normalized spacial score (nSPS) is 24.4. The van der Waals surface area contributed by atoms with Gasteiger partial charge in [-0.2, -0.15) is 0 Å². The molecule has 6 nitrogen and oxygen atoms in total. The van der Waals surface area contributed by atoms with Crippen molar-refractivity contribution in [3.8, 4) is 0 Å². The smallest absolute Gasteiger partial charge is 0.211 e. The molecule has 2 aromatic rings.